The lowest BCUT2D eigenvalue weighted by molar-refractivity contribution is -0.128. The van der Waals surface area contributed by atoms with E-state index >= 15 is 0 Å². The highest BCUT2D eigenvalue weighted by molar-refractivity contribution is 6.35. The lowest BCUT2D eigenvalue weighted by Gasteiger charge is -2.16. The van der Waals surface area contributed by atoms with E-state index in [9.17, 15) is 9.59 Å². The zero-order valence-electron chi connectivity index (χ0n) is 15.5. The van der Waals surface area contributed by atoms with Crippen LogP contribution in [0.3, 0.4) is 0 Å². The van der Waals surface area contributed by atoms with Crippen molar-refractivity contribution in [2.45, 2.75) is 32.4 Å². The van der Waals surface area contributed by atoms with Crippen molar-refractivity contribution in [1.29, 1.82) is 0 Å². The molecule has 5 nitrogen and oxygen atoms in total. The summed E-state index contributed by atoms with van der Waals surface area (Å²) in [7, 11) is 0. The molecule has 0 aliphatic carbocycles. The van der Waals surface area contributed by atoms with E-state index in [1.165, 1.54) is 0 Å². The fraction of sp³-hybridized carbons (Fsp3) is 0.333. The predicted molar refractivity (Wildman–Crippen MR) is 111 cm³/mol. The third-order valence-electron chi connectivity index (χ3n) is 4.68. The van der Waals surface area contributed by atoms with Gasteiger partial charge in [-0.3, -0.25) is 4.79 Å². The van der Waals surface area contributed by atoms with E-state index in [4.69, 9.17) is 23.2 Å². The van der Waals surface area contributed by atoms with Crippen LogP contribution in [0.5, 0.6) is 0 Å². The van der Waals surface area contributed by atoms with E-state index in [-0.39, 0.29) is 11.9 Å². The standard InChI is InChI=1S/C21H23Cl2N3O2/c22-18-7-6-17(19(23)12-18)8-9-24-21(28)25-13-15-3-1-4-16(11-15)14-26-10-2-5-20(26)27/h1,3-4,6-7,11-12H,2,5,8-10,13-14H2,(H2,24,25,28). The van der Waals surface area contributed by atoms with Crippen LogP contribution in [0.1, 0.15) is 29.5 Å². The van der Waals surface area contributed by atoms with Gasteiger partial charge in [0.2, 0.25) is 5.91 Å². The van der Waals surface area contributed by atoms with Gasteiger partial charge < -0.3 is 15.5 Å². The number of hydrogen-bond acceptors (Lipinski definition) is 2. The van der Waals surface area contributed by atoms with E-state index in [2.05, 4.69) is 10.6 Å². The van der Waals surface area contributed by atoms with Gasteiger partial charge in [0.05, 0.1) is 0 Å². The Morgan fingerprint density at radius 3 is 2.64 bits per heavy atom. The van der Waals surface area contributed by atoms with Crippen LogP contribution in [-0.2, 0) is 24.3 Å². The summed E-state index contributed by atoms with van der Waals surface area (Å²) in [6.07, 6.45) is 2.20. The van der Waals surface area contributed by atoms with Gasteiger partial charge in [-0.25, -0.2) is 4.79 Å². The van der Waals surface area contributed by atoms with Crippen LogP contribution < -0.4 is 10.6 Å². The van der Waals surface area contributed by atoms with Gasteiger partial charge in [-0.15, -0.1) is 0 Å². The molecule has 3 rings (SSSR count). The molecule has 3 amide bonds. The molecule has 0 atom stereocenters. The summed E-state index contributed by atoms with van der Waals surface area (Å²) >= 11 is 12.0. The Bertz CT molecular complexity index is 857. The van der Waals surface area contributed by atoms with Crippen LogP contribution in [0.2, 0.25) is 10.0 Å². The van der Waals surface area contributed by atoms with Crippen molar-refractivity contribution in [2.24, 2.45) is 0 Å². The minimum Gasteiger partial charge on any atom is -0.338 e. The molecule has 1 aliphatic rings. The predicted octanol–water partition coefficient (Wildman–Crippen LogP) is 4.16. The molecule has 148 valence electrons. The average Bonchev–Trinajstić information content (AvgIpc) is 3.07. The van der Waals surface area contributed by atoms with Crippen LogP contribution in [0.25, 0.3) is 0 Å². The van der Waals surface area contributed by atoms with Gasteiger partial charge in [-0.1, -0.05) is 53.5 Å². The Morgan fingerprint density at radius 1 is 1.07 bits per heavy atom. The summed E-state index contributed by atoms with van der Waals surface area (Å²) < 4.78 is 0. The fourth-order valence-corrected chi connectivity index (χ4v) is 3.71. The molecule has 1 heterocycles. The third-order valence-corrected chi connectivity index (χ3v) is 5.27. The van der Waals surface area contributed by atoms with Crippen molar-refractivity contribution in [3.63, 3.8) is 0 Å². The highest BCUT2D eigenvalue weighted by atomic mass is 35.5. The molecular weight excluding hydrogens is 397 g/mol. The maximum atomic E-state index is 12.0. The van der Waals surface area contributed by atoms with Gasteiger partial charge in [0.15, 0.2) is 0 Å². The topological polar surface area (TPSA) is 61.4 Å². The summed E-state index contributed by atoms with van der Waals surface area (Å²) in [6, 6.07) is 13.1. The molecule has 28 heavy (non-hydrogen) atoms. The van der Waals surface area contributed by atoms with Crippen LogP contribution >= 0.6 is 23.2 Å². The zero-order chi connectivity index (χ0) is 19.9. The molecule has 2 aromatic carbocycles. The highest BCUT2D eigenvalue weighted by Gasteiger charge is 2.19. The summed E-state index contributed by atoms with van der Waals surface area (Å²) in [5.74, 6) is 0.212. The second-order valence-electron chi connectivity index (χ2n) is 6.83. The molecule has 0 saturated carbocycles. The third kappa shape index (κ3) is 5.88. The van der Waals surface area contributed by atoms with Gasteiger partial charge in [-0.05, 0) is 41.7 Å². The van der Waals surface area contributed by atoms with Gasteiger partial charge in [0.25, 0.3) is 0 Å². The molecule has 0 bridgehead atoms. The Labute approximate surface area is 175 Å². The Kier molecular flexibility index (Phi) is 7.18. The van der Waals surface area contributed by atoms with Crippen molar-refractivity contribution >= 4 is 35.1 Å². The highest BCUT2D eigenvalue weighted by Crippen LogP contribution is 2.21. The number of hydrogen-bond donors (Lipinski definition) is 2. The number of nitrogens with one attached hydrogen (secondary N) is 2. The molecule has 0 spiro atoms. The Balaban J connectivity index is 1.42. The van der Waals surface area contributed by atoms with Crippen LogP contribution in [0.15, 0.2) is 42.5 Å². The first-order chi connectivity index (χ1) is 13.5. The molecule has 0 unspecified atom stereocenters. The van der Waals surface area contributed by atoms with Crippen molar-refractivity contribution in [3.8, 4) is 0 Å². The number of carbonyl (C=O) groups is 2. The summed E-state index contributed by atoms with van der Waals surface area (Å²) in [4.78, 5) is 25.7. The Hall–Kier alpha value is -2.24. The van der Waals surface area contributed by atoms with Crippen molar-refractivity contribution in [2.75, 3.05) is 13.1 Å². The molecule has 1 aliphatic heterocycles. The largest absolute Gasteiger partial charge is 0.338 e. The molecule has 0 radical (unpaired) electrons. The molecule has 1 fully saturated rings. The summed E-state index contributed by atoms with van der Waals surface area (Å²) in [6.45, 7) is 2.35. The number of halogens is 2. The lowest BCUT2D eigenvalue weighted by atomic mass is 10.1. The van der Waals surface area contributed by atoms with E-state index < -0.39 is 0 Å². The fourth-order valence-electron chi connectivity index (χ4n) is 3.21. The van der Waals surface area contributed by atoms with Crippen molar-refractivity contribution in [1.82, 2.24) is 15.5 Å². The average molecular weight is 420 g/mol. The molecule has 2 N–H and O–H groups in total. The minimum absolute atomic E-state index is 0.212. The Morgan fingerprint density at radius 2 is 1.89 bits per heavy atom. The van der Waals surface area contributed by atoms with Gasteiger partial charge in [0, 0.05) is 42.6 Å². The molecule has 7 heteroatoms. The SMILES string of the molecule is O=C(NCCc1ccc(Cl)cc1Cl)NCc1cccc(CN2CCCC2=O)c1. The van der Waals surface area contributed by atoms with E-state index in [1.807, 2.05) is 35.2 Å². The number of carbonyl (C=O) groups excluding carboxylic acids is 2. The van der Waals surface area contributed by atoms with Crippen molar-refractivity contribution < 1.29 is 9.59 Å². The first kappa shape index (κ1) is 20.5. The monoisotopic (exact) mass is 419 g/mol. The first-order valence-corrected chi connectivity index (χ1v) is 10.1. The maximum absolute atomic E-state index is 12.0. The zero-order valence-corrected chi connectivity index (χ0v) is 17.0. The molecular formula is C21H23Cl2N3O2. The second-order valence-corrected chi connectivity index (χ2v) is 7.68. The number of rotatable bonds is 7. The normalized spacial score (nSPS) is 13.6. The van der Waals surface area contributed by atoms with E-state index in [1.54, 1.807) is 12.1 Å². The van der Waals surface area contributed by atoms with E-state index in [0.29, 0.717) is 42.5 Å². The van der Waals surface area contributed by atoms with Gasteiger partial charge in [0.1, 0.15) is 0 Å². The number of amides is 3. The van der Waals surface area contributed by atoms with E-state index in [0.717, 1.165) is 29.7 Å². The second kappa shape index (κ2) is 9.80. The quantitative estimate of drug-likeness (QED) is 0.707. The number of benzene rings is 2. The summed E-state index contributed by atoms with van der Waals surface area (Å²) in [5.41, 5.74) is 3.02. The molecule has 2 aromatic rings. The van der Waals surface area contributed by atoms with Gasteiger partial charge >= 0.3 is 6.03 Å². The number of nitrogens with zero attached hydrogens (tertiary/aromatic N) is 1. The molecule has 0 aromatic heterocycles. The van der Waals surface area contributed by atoms with Gasteiger partial charge in [-0.2, -0.15) is 0 Å². The van der Waals surface area contributed by atoms with Crippen LogP contribution in [0, 0.1) is 0 Å². The minimum atomic E-state index is -0.231. The maximum Gasteiger partial charge on any atom is 0.315 e. The first-order valence-electron chi connectivity index (χ1n) is 9.32. The number of likely N-dealkylation sites (tertiary alicyclic amines) is 1. The molecule has 1 saturated heterocycles. The van der Waals surface area contributed by atoms with Crippen LogP contribution in [-0.4, -0.2) is 29.9 Å². The van der Waals surface area contributed by atoms with Crippen LogP contribution in [0.4, 0.5) is 4.79 Å². The summed E-state index contributed by atoms with van der Waals surface area (Å²) in [5, 5.41) is 6.88. The van der Waals surface area contributed by atoms with Crippen molar-refractivity contribution in [3.05, 3.63) is 69.2 Å². The lowest BCUT2D eigenvalue weighted by Crippen LogP contribution is -2.36. The number of urea groups is 1. The smallest absolute Gasteiger partial charge is 0.315 e.